The van der Waals surface area contributed by atoms with Crippen molar-refractivity contribution in [3.05, 3.63) is 58.2 Å². The molecule has 0 fully saturated rings. The summed E-state index contributed by atoms with van der Waals surface area (Å²) in [4.78, 5) is 0. The molecule has 1 heterocycles. The highest BCUT2D eigenvalue weighted by atomic mass is 79.9. The summed E-state index contributed by atoms with van der Waals surface area (Å²) in [5, 5.41) is 3.28. The van der Waals surface area contributed by atoms with Crippen molar-refractivity contribution in [3.8, 4) is 0 Å². The molecule has 1 N–H and O–H groups in total. The lowest BCUT2D eigenvalue weighted by Gasteiger charge is -2.13. The topological polar surface area (TPSA) is 25.2 Å². The lowest BCUT2D eigenvalue weighted by Crippen LogP contribution is -2.18. The Morgan fingerprint density at radius 2 is 2.24 bits per heavy atom. The number of halogens is 2. The van der Waals surface area contributed by atoms with E-state index in [-0.39, 0.29) is 11.9 Å². The van der Waals surface area contributed by atoms with E-state index in [9.17, 15) is 4.39 Å². The van der Waals surface area contributed by atoms with Gasteiger partial charge in [0.25, 0.3) is 0 Å². The van der Waals surface area contributed by atoms with Crippen LogP contribution in [0.2, 0.25) is 0 Å². The Hall–Kier alpha value is -1.13. The summed E-state index contributed by atoms with van der Waals surface area (Å²) in [6, 6.07) is 8.52. The normalized spacial score (nSPS) is 12.6. The molecule has 2 nitrogen and oxygen atoms in total. The molecule has 0 aliphatic heterocycles. The molecule has 0 spiro atoms. The molecule has 90 valence electrons. The smallest absolute Gasteiger partial charge is 0.131 e. The monoisotopic (exact) mass is 297 g/mol. The third-order valence-electron chi connectivity index (χ3n) is 2.61. The first-order valence-corrected chi connectivity index (χ1v) is 6.17. The predicted octanol–water partition coefficient (Wildman–Crippen LogP) is 4.03. The molecule has 17 heavy (non-hydrogen) atoms. The quantitative estimate of drug-likeness (QED) is 0.922. The van der Waals surface area contributed by atoms with Crippen molar-refractivity contribution >= 4 is 15.9 Å². The fraction of sp³-hybridized carbons (Fsp3) is 0.231. The van der Waals surface area contributed by atoms with Gasteiger partial charge in [-0.05, 0) is 46.6 Å². The highest BCUT2D eigenvalue weighted by molar-refractivity contribution is 9.10. The number of furan rings is 1. The molecular weight excluding hydrogens is 285 g/mol. The molecule has 1 unspecified atom stereocenters. The van der Waals surface area contributed by atoms with Crippen LogP contribution < -0.4 is 5.32 Å². The number of hydrogen-bond donors (Lipinski definition) is 1. The van der Waals surface area contributed by atoms with Crippen molar-refractivity contribution in [2.45, 2.75) is 19.5 Å². The van der Waals surface area contributed by atoms with Gasteiger partial charge in [0, 0.05) is 6.04 Å². The molecule has 0 saturated heterocycles. The SMILES string of the molecule is CC(NCc1occc1Br)c1cccc(F)c1. The summed E-state index contributed by atoms with van der Waals surface area (Å²) in [7, 11) is 0. The van der Waals surface area contributed by atoms with E-state index in [0.29, 0.717) is 6.54 Å². The molecule has 1 aromatic heterocycles. The van der Waals surface area contributed by atoms with Gasteiger partial charge in [0.15, 0.2) is 0 Å². The lowest BCUT2D eigenvalue weighted by atomic mass is 10.1. The fourth-order valence-electron chi connectivity index (χ4n) is 1.59. The van der Waals surface area contributed by atoms with Crippen LogP contribution in [0.3, 0.4) is 0 Å². The van der Waals surface area contributed by atoms with Crippen LogP contribution in [0.25, 0.3) is 0 Å². The predicted molar refractivity (Wildman–Crippen MR) is 68.1 cm³/mol. The summed E-state index contributed by atoms with van der Waals surface area (Å²) in [6.07, 6.45) is 1.63. The Balaban J connectivity index is 1.98. The van der Waals surface area contributed by atoms with Crippen molar-refractivity contribution in [1.29, 1.82) is 0 Å². The lowest BCUT2D eigenvalue weighted by molar-refractivity contribution is 0.458. The Kier molecular flexibility index (Phi) is 3.97. The Labute approximate surface area is 108 Å². The molecule has 0 radical (unpaired) electrons. The van der Waals surface area contributed by atoms with E-state index in [2.05, 4.69) is 21.2 Å². The van der Waals surface area contributed by atoms with Gasteiger partial charge in [0.1, 0.15) is 11.6 Å². The minimum Gasteiger partial charge on any atom is -0.467 e. The standard InChI is InChI=1S/C13H13BrFNO/c1-9(10-3-2-4-11(15)7-10)16-8-13-12(14)5-6-17-13/h2-7,9,16H,8H2,1H3. The first-order chi connectivity index (χ1) is 8.16. The molecule has 0 amide bonds. The Morgan fingerprint density at radius 1 is 1.41 bits per heavy atom. The molecular formula is C13H13BrFNO. The van der Waals surface area contributed by atoms with Crippen molar-refractivity contribution in [2.24, 2.45) is 0 Å². The van der Waals surface area contributed by atoms with E-state index in [4.69, 9.17) is 4.42 Å². The number of benzene rings is 1. The zero-order chi connectivity index (χ0) is 12.3. The second-order valence-electron chi connectivity index (χ2n) is 3.85. The van der Waals surface area contributed by atoms with Crippen molar-refractivity contribution in [1.82, 2.24) is 5.32 Å². The van der Waals surface area contributed by atoms with Crippen LogP contribution in [0.15, 0.2) is 45.5 Å². The number of rotatable bonds is 4. The summed E-state index contributed by atoms with van der Waals surface area (Å²) >= 11 is 3.39. The van der Waals surface area contributed by atoms with E-state index in [1.165, 1.54) is 12.1 Å². The second kappa shape index (κ2) is 5.47. The van der Waals surface area contributed by atoms with Crippen molar-refractivity contribution < 1.29 is 8.81 Å². The molecule has 2 aromatic rings. The van der Waals surface area contributed by atoms with Crippen LogP contribution in [-0.4, -0.2) is 0 Å². The summed E-state index contributed by atoms with van der Waals surface area (Å²) in [5.41, 5.74) is 0.924. The van der Waals surface area contributed by atoms with Gasteiger partial charge < -0.3 is 9.73 Å². The van der Waals surface area contributed by atoms with Gasteiger partial charge in [0.05, 0.1) is 17.3 Å². The van der Waals surface area contributed by atoms with Gasteiger partial charge >= 0.3 is 0 Å². The fourth-order valence-corrected chi connectivity index (χ4v) is 1.93. The first kappa shape index (κ1) is 12.3. The van der Waals surface area contributed by atoms with Crippen LogP contribution >= 0.6 is 15.9 Å². The van der Waals surface area contributed by atoms with Gasteiger partial charge in [-0.1, -0.05) is 12.1 Å². The van der Waals surface area contributed by atoms with Crippen LogP contribution in [-0.2, 0) is 6.54 Å². The molecule has 1 atom stereocenters. The van der Waals surface area contributed by atoms with E-state index in [1.54, 1.807) is 12.3 Å². The maximum absolute atomic E-state index is 13.1. The first-order valence-electron chi connectivity index (χ1n) is 5.37. The molecule has 0 saturated carbocycles. The van der Waals surface area contributed by atoms with E-state index < -0.39 is 0 Å². The van der Waals surface area contributed by atoms with E-state index in [0.717, 1.165) is 15.8 Å². The van der Waals surface area contributed by atoms with Gasteiger partial charge in [-0.25, -0.2) is 4.39 Å². The van der Waals surface area contributed by atoms with Crippen LogP contribution in [0.1, 0.15) is 24.3 Å². The van der Waals surface area contributed by atoms with Gasteiger partial charge in [-0.2, -0.15) is 0 Å². The molecule has 0 aliphatic rings. The summed E-state index contributed by atoms with van der Waals surface area (Å²) in [6.45, 7) is 2.59. The number of hydrogen-bond acceptors (Lipinski definition) is 2. The molecule has 4 heteroatoms. The molecule has 2 rings (SSSR count). The van der Waals surface area contributed by atoms with E-state index >= 15 is 0 Å². The maximum atomic E-state index is 13.1. The highest BCUT2D eigenvalue weighted by Gasteiger charge is 2.08. The minimum atomic E-state index is -0.213. The second-order valence-corrected chi connectivity index (χ2v) is 4.70. The van der Waals surface area contributed by atoms with Gasteiger partial charge in [-0.15, -0.1) is 0 Å². The van der Waals surface area contributed by atoms with Crippen LogP contribution in [0, 0.1) is 5.82 Å². The number of nitrogens with one attached hydrogen (secondary N) is 1. The van der Waals surface area contributed by atoms with Crippen molar-refractivity contribution in [3.63, 3.8) is 0 Å². The van der Waals surface area contributed by atoms with Crippen LogP contribution in [0.4, 0.5) is 4.39 Å². The maximum Gasteiger partial charge on any atom is 0.131 e. The van der Waals surface area contributed by atoms with E-state index in [1.807, 2.05) is 19.1 Å². The average molecular weight is 298 g/mol. The average Bonchev–Trinajstić information content (AvgIpc) is 2.72. The third kappa shape index (κ3) is 3.17. The minimum absolute atomic E-state index is 0.0719. The zero-order valence-corrected chi connectivity index (χ0v) is 11.0. The highest BCUT2D eigenvalue weighted by Crippen LogP contribution is 2.19. The van der Waals surface area contributed by atoms with Crippen molar-refractivity contribution in [2.75, 3.05) is 0 Å². The summed E-state index contributed by atoms with van der Waals surface area (Å²) < 4.78 is 19.3. The largest absolute Gasteiger partial charge is 0.467 e. The van der Waals surface area contributed by atoms with Gasteiger partial charge in [-0.3, -0.25) is 0 Å². The molecule has 0 aliphatic carbocycles. The Morgan fingerprint density at radius 3 is 2.88 bits per heavy atom. The zero-order valence-electron chi connectivity index (χ0n) is 9.41. The van der Waals surface area contributed by atoms with Gasteiger partial charge in [0.2, 0.25) is 0 Å². The third-order valence-corrected chi connectivity index (χ3v) is 3.32. The molecule has 1 aromatic carbocycles. The summed E-state index contributed by atoms with van der Waals surface area (Å²) in [5.74, 6) is 0.628. The Bertz CT molecular complexity index is 498. The molecule has 0 bridgehead atoms. The van der Waals surface area contributed by atoms with Crippen LogP contribution in [0.5, 0.6) is 0 Å².